The highest BCUT2D eigenvalue weighted by Gasteiger charge is 2.07. The number of hydrogen-bond donors (Lipinski definition) is 4. The van der Waals surface area contributed by atoms with Crippen LogP contribution in [-0.2, 0) is 6.42 Å². The highest BCUT2D eigenvalue weighted by molar-refractivity contribution is 5.94. The predicted molar refractivity (Wildman–Crippen MR) is 115 cm³/mol. The van der Waals surface area contributed by atoms with Crippen molar-refractivity contribution in [1.29, 1.82) is 0 Å². The van der Waals surface area contributed by atoms with Crippen LogP contribution in [0.25, 0.3) is 0 Å². The molecule has 8 heteroatoms. The summed E-state index contributed by atoms with van der Waals surface area (Å²) in [5.41, 5.74) is 1.66. The van der Waals surface area contributed by atoms with E-state index in [0.29, 0.717) is 36.8 Å². The molecule has 30 heavy (non-hydrogen) atoms. The van der Waals surface area contributed by atoms with Crippen LogP contribution in [0.5, 0.6) is 5.75 Å². The highest BCUT2D eigenvalue weighted by atomic mass is 19.1. The number of amides is 1. The molecule has 0 heterocycles. The fraction of sp³-hybridized carbons (Fsp3) is 0.364. The second-order valence-electron chi connectivity index (χ2n) is 6.59. The van der Waals surface area contributed by atoms with Gasteiger partial charge in [-0.2, -0.15) is 0 Å². The van der Waals surface area contributed by atoms with Gasteiger partial charge in [0.05, 0.1) is 6.54 Å². The Morgan fingerprint density at radius 1 is 1.20 bits per heavy atom. The number of aliphatic hydroxyl groups is 1. The lowest BCUT2D eigenvalue weighted by molar-refractivity contribution is 0.0963. The minimum Gasteiger partial charge on any atom is -0.491 e. The van der Waals surface area contributed by atoms with Gasteiger partial charge in [-0.1, -0.05) is 12.1 Å². The summed E-state index contributed by atoms with van der Waals surface area (Å²) in [6, 6.07) is 13.1. The van der Waals surface area contributed by atoms with Crippen LogP contribution in [0.4, 0.5) is 4.39 Å². The number of nitrogens with one attached hydrogen (secondary N) is 3. The van der Waals surface area contributed by atoms with Gasteiger partial charge in [-0.05, 0) is 55.3 Å². The van der Waals surface area contributed by atoms with E-state index < -0.39 is 6.10 Å². The molecule has 1 amide bonds. The lowest BCUT2D eigenvalue weighted by Crippen LogP contribution is -2.39. The van der Waals surface area contributed by atoms with Crippen molar-refractivity contribution >= 4 is 11.9 Å². The van der Waals surface area contributed by atoms with Gasteiger partial charge >= 0.3 is 0 Å². The van der Waals surface area contributed by atoms with Crippen molar-refractivity contribution in [3.05, 3.63) is 65.5 Å². The molecule has 4 N–H and O–H groups in total. The summed E-state index contributed by atoms with van der Waals surface area (Å²) in [4.78, 5) is 16.1. The van der Waals surface area contributed by atoms with E-state index in [0.717, 1.165) is 5.56 Å². The number of carbonyl (C=O) groups is 1. The number of rotatable bonds is 10. The van der Waals surface area contributed by atoms with Crippen molar-refractivity contribution in [2.24, 2.45) is 4.99 Å². The first-order chi connectivity index (χ1) is 14.5. The van der Waals surface area contributed by atoms with Gasteiger partial charge in [0, 0.05) is 25.7 Å². The summed E-state index contributed by atoms with van der Waals surface area (Å²) in [6.07, 6.45) is -0.0828. The summed E-state index contributed by atoms with van der Waals surface area (Å²) >= 11 is 0. The molecule has 0 aromatic heterocycles. The van der Waals surface area contributed by atoms with Crippen molar-refractivity contribution in [3.8, 4) is 5.75 Å². The number of ether oxygens (including phenoxy) is 1. The first kappa shape index (κ1) is 23.2. The molecule has 0 aliphatic rings. The van der Waals surface area contributed by atoms with Crippen LogP contribution in [0.1, 0.15) is 22.8 Å². The topological polar surface area (TPSA) is 95.0 Å². The van der Waals surface area contributed by atoms with E-state index in [1.807, 2.05) is 25.1 Å². The Hall–Kier alpha value is -3.13. The maximum Gasteiger partial charge on any atom is 0.251 e. The Balaban J connectivity index is 1.80. The number of carbonyl (C=O) groups excluding carboxylic acids is 1. The molecule has 162 valence electrons. The average molecular weight is 416 g/mol. The Bertz CT molecular complexity index is 827. The third-order valence-corrected chi connectivity index (χ3v) is 4.18. The van der Waals surface area contributed by atoms with E-state index in [1.54, 1.807) is 13.1 Å². The molecule has 0 bridgehead atoms. The first-order valence-electron chi connectivity index (χ1n) is 9.91. The maximum absolute atomic E-state index is 12.9. The molecule has 2 aromatic carbocycles. The van der Waals surface area contributed by atoms with Crippen LogP contribution in [-0.4, -0.2) is 56.4 Å². The van der Waals surface area contributed by atoms with Gasteiger partial charge in [0.2, 0.25) is 0 Å². The third-order valence-electron chi connectivity index (χ3n) is 4.18. The molecule has 2 rings (SSSR count). The molecule has 0 saturated heterocycles. The van der Waals surface area contributed by atoms with Crippen molar-refractivity contribution in [2.75, 3.05) is 33.3 Å². The Morgan fingerprint density at radius 2 is 1.97 bits per heavy atom. The van der Waals surface area contributed by atoms with E-state index >= 15 is 0 Å². The lowest BCUT2D eigenvalue weighted by atomic mass is 10.1. The second-order valence-corrected chi connectivity index (χ2v) is 6.59. The number of nitrogens with zero attached hydrogens (tertiary/aromatic N) is 1. The van der Waals surface area contributed by atoms with Crippen LogP contribution in [0, 0.1) is 5.82 Å². The largest absolute Gasteiger partial charge is 0.491 e. The van der Waals surface area contributed by atoms with Gasteiger partial charge in [0.15, 0.2) is 5.96 Å². The quantitative estimate of drug-likeness (QED) is 0.350. The SMILES string of the molecule is CCNC(=NCC(O)COc1ccc(F)cc1)NCCc1cccc(C(=O)NC)c1. The Morgan fingerprint density at radius 3 is 2.67 bits per heavy atom. The van der Waals surface area contributed by atoms with Gasteiger partial charge in [0.1, 0.15) is 24.3 Å². The summed E-state index contributed by atoms with van der Waals surface area (Å²) in [5.74, 6) is 0.620. The van der Waals surface area contributed by atoms with Crippen LogP contribution in [0.15, 0.2) is 53.5 Å². The molecule has 0 saturated carbocycles. The van der Waals surface area contributed by atoms with E-state index in [9.17, 15) is 14.3 Å². The minimum absolute atomic E-state index is 0.0564. The van der Waals surface area contributed by atoms with Crippen molar-refractivity contribution in [1.82, 2.24) is 16.0 Å². The van der Waals surface area contributed by atoms with E-state index in [-0.39, 0.29) is 24.9 Å². The van der Waals surface area contributed by atoms with Crippen LogP contribution in [0.2, 0.25) is 0 Å². The Labute approximate surface area is 176 Å². The van der Waals surface area contributed by atoms with Crippen molar-refractivity contribution in [3.63, 3.8) is 0 Å². The molecular weight excluding hydrogens is 387 g/mol. The van der Waals surface area contributed by atoms with Gasteiger partial charge in [-0.3, -0.25) is 9.79 Å². The van der Waals surface area contributed by atoms with E-state index in [4.69, 9.17) is 4.74 Å². The maximum atomic E-state index is 12.9. The Kier molecular flexibility index (Phi) is 9.60. The number of guanidine groups is 1. The molecule has 0 aliphatic carbocycles. The highest BCUT2D eigenvalue weighted by Crippen LogP contribution is 2.11. The molecular formula is C22H29FN4O3. The molecule has 2 aromatic rings. The summed E-state index contributed by atoms with van der Waals surface area (Å²) in [6.45, 7) is 3.47. The van der Waals surface area contributed by atoms with Crippen molar-refractivity contribution < 1.29 is 19.0 Å². The first-order valence-corrected chi connectivity index (χ1v) is 9.91. The summed E-state index contributed by atoms with van der Waals surface area (Å²) in [5, 5.41) is 19.0. The van der Waals surface area contributed by atoms with Crippen LogP contribution >= 0.6 is 0 Å². The minimum atomic E-state index is -0.797. The molecule has 0 aliphatic heterocycles. The van der Waals surface area contributed by atoms with Crippen molar-refractivity contribution in [2.45, 2.75) is 19.4 Å². The normalized spacial score (nSPS) is 12.2. The zero-order chi connectivity index (χ0) is 21.8. The van der Waals surface area contributed by atoms with E-state index in [1.165, 1.54) is 24.3 Å². The molecule has 1 unspecified atom stereocenters. The summed E-state index contributed by atoms with van der Waals surface area (Å²) < 4.78 is 18.3. The van der Waals surface area contributed by atoms with Gasteiger partial charge in [0.25, 0.3) is 5.91 Å². The summed E-state index contributed by atoms with van der Waals surface area (Å²) in [7, 11) is 1.61. The standard InChI is InChI=1S/C22H29FN4O3/c1-3-25-22(26-12-11-16-5-4-6-17(13-16)21(29)24-2)27-14-19(28)15-30-20-9-7-18(23)8-10-20/h4-10,13,19,28H,3,11-12,14-15H2,1-2H3,(H,24,29)(H2,25,26,27). The van der Waals surface area contributed by atoms with Crippen LogP contribution < -0.4 is 20.7 Å². The van der Waals surface area contributed by atoms with E-state index in [2.05, 4.69) is 20.9 Å². The second kappa shape index (κ2) is 12.4. The molecule has 0 spiro atoms. The van der Waals surface area contributed by atoms with Gasteiger partial charge in [-0.25, -0.2) is 4.39 Å². The number of hydrogen-bond acceptors (Lipinski definition) is 4. The zero-order valence-corrected chi connectivity index (χ0v) is 17.3. The molecule has 7 nitrogen and oxygen atoms in total. The van der Waals surface area contributed by atoms with Gasteiger partial charge < -0.3 is 25.8 Å². The predicted octanol–water partition coefficient (Wildman–Crippen LogP) is 1.72. The number of halogens is 1. The average Bonchev–Trinajstić information content (AvgIpc) is 2.76. The third kappa shape index (κ3) is 8.08. The fourth-order valence-corrected chi connectivity index (χ4v) is 2.65. The smallest absolute Gasteiger partial charge is 0.251 e. The fourth-order valence-electron chi connectivity index (χ4n) is 2.65. The van der Waals surface area contributed by atoms with Crippen LogP contribution in [0.3, 0.4) is 0 Å². The molecule has 0 fully saturated rings. The number of benzene rings is 2. The lowest BCUT2D eigenvalue weighted by Gasteiger charge is -2.14. The molecule has 1 atom stereocenters. The number of aliphatic hydroxyl groups excluding tert-OH is 1. The van der Waals surface area contributed by atoms with Gasteiger partial charge in [-0.15, -0.1) is 0 Å². The number of aliphatic imine (C=N–C) groups is 1. The zero-order valence-electron chi connectivity index (χ0n) is 17.3. The monoisotopic (exact) mass is 416 g/mol. The molecule has 0 radical (unpaired) electrons.